The van der Waals surface area contributed by atoms with Crippen LogP contribution in [-0.2, 0) is 11.3 Å². The summed E-state index contributed by atoms with van der Waals surface area (Å²) in [6.45, 7) is 2.54. The predicted octanol–water partition coefficient (Wildman–Crippen LogP) is 3.37. The molecule has 3 nitrogen and oxygen atoms in total. The Morgan fingerprint density at radius 3 is 2.75 bits per heavy atom. The predicted molar refractivity (Wildman–Crippen MR) is 85.8 cm³/mol. The Labute approximate surface area is 136 Å². The topological polar surface area (TPSA) is 32.3 Å². The second-order valence-corrected chi connectivity index (χ2v) is 5.88. The number of carbonyl (C=O) groups is 1. The highest BCUT2D eigenvalue weighted by Crippen LogP contribution is 2.23. The van der Waals surface area contributed by atoms with Crippen molar-refractivity contribution in [1.29, 1.82) is 0 Å². The normalized spacial score (nSPS) is 17.6. The molecule has 0 aromatic heterocycles. The van der Waals surface area contributed by atoms with Crippen LogP contribution >= 0.6 is 35.6 Å². The number of nitrogens with zero attached hydrogens (tertiary/aromatic N) is 1. The molecule has 1 N–H and O–H groups in total. The van der Waals surface area contributed by atoms with Crippen molar-refractivity contribution in [3.8, 4) is 0 Å². The third-order valence-electron chi connectivity index (χ3n) is 3.46. The molecule has 2 rings (SSSR count). The van der Waals surface area contributed by atoms with Gasteiger partial charge in [-0.25, -0.2) is 0 Å². The summed E-state index contributed by atoms with van der Waals surface area (Å²) in [6.07, 6.45) is 1.71. The monoisotopic (exact) mass is 336 g/mol. The third-order valence-corrected chi connectivity index (χ3v) is 4.19. The van der Waals surface area contributed by atoms with Crippen LogP contribution < -0.4 is 5.32 Å². The molecule has 1 aliphatic heterocycles. The van der Waals surface area contributed by atoms with E-state index < -0.39 is 0 Å². The molecule has 1 saturated heterocycles. The standard InChI is InChI=1S/C14H18Cl2N2O.ClH/c1-18(14(19)7-10-4-5-17-8-10)9-11-2-3-12(15)13(16)6-11;/h2-3,6,10,17H,4-5,7-9H2,1H3;1H. The minimum atomic E-state index is 0. The fraction of sp³-hybridized carbons (Fsp3) is 0.500. The van der Waals surface area contributed by atoms with E-state index in [-0.39, 0.29) is 18.3 Å². The van der Waals surface area contributed by atoms with Crippen LogP contribution in [-0.4, -0.2) is 30.9 Å². The summed E-state index contributed by atoms with van der Waals surface area (Å²) < 4.78 is 0. The summed E-state index contributed by atoms with van der Waals surface area (Å²) in [7, 11) is 1.83. The molecular weight excluding hydrogens is 319 g/mol. The molecular formula is C14H19Cl3N2O. The van der Waals surface area contributed by atoms with Crippen LogP contribution in [0.1, 0.15) is 18.4 Å². The summed E-state index contributed by atoms with van der Waals surface area (Å²) in [5.41, 5.74) is 0.995. The molecule has 0 spiro atoms. The molecule has 0 bridgehead atoms. The largest absolute Gasteiger partial charge is 0.341 e. The minimum Gasteiger partial charge on any atom is -0.341 e. The van der Waals surface area contributed by atoms with E-state index in [0.29, 0.717) is 28.9 Å². The lowest BCUT2D eigenvalue weighted by atomic mass is 10.0. The molecule has 1 aromatic carbocycles. The van der Waals surface area contributed by atoms with Gasteiger partial charge in [-0.3, -0.25) is 4.79 Å². The van der Waals surface area contributed by atoms with Crippen LogP contribution in [0, 0.1) is 5.92 Å². The average molecular weight is 338 g/mol. The van der Waals surface area contributed by atoms with Gasteiger partial charge in [-0.15, -0.1) is 12.4 Å². The van der Waals surface area contributed by atoms with Crippen LogP contribution in [0.3, 0.4) is 0 Å². The maximum atomic E-state index is 12.1. The Kier molecular flexibility index (Phi) is 7.10. The van der Waals surface area contributed by atoms with E-state index in [9.17, 15) is 4.79 Å². The molecule has 0 saturated carbocycles. The third kappa shape index (κ3) is 4.81. The van der Waals surface area contributed by atoms with Crippen LogP contribution in [0.2, 0.25) is 10.0 Å². The number of hydrogen-bond acceptors (Lipinski definition) is 2. The zero-order valence-electron chi connectivity index (χ0n) is 11.4. The molecule has 112 valence electrons. The first-order valence-corrected chi connectivity index (χ1v) is 7.20. The van der Waals surface area contributed by atoms with Crippen molar-refractivity contribution in [2.24, 2.45) is 5.92 Å². The number of benzene rings is 1. The van der Waals surface area contributed by atoms with Gasteiger partial charge in [-0.05, 0) is 43.1 Å². The lowest BCUT2D eigenvalue weighted by molar-refractivity contribution is -0.131. The van der Waals surface area contributed by atoms with Gasteiger partial charge in [-0.1, -0.05) is 29.3 Å². The van der Waals surface area contributed by atoms with Gasteiger partial charge in [0.25, 0.3) is 0 Å². The van der Waals surface area contributed by atoms with Crippen molar-refractivity contribution in [3.05, 3.63) is 33.8 Å². The number of rotatable bonds is 4. The van der Waals surface area contributed by atoms with Crippen molar-refractivity contribution >= 4 is 41.5 Å². The van der Waals surface area contributed by atoms with Crippen LogP contribution in [0.25, 0.3) is 0 Å². The quantitative estimate of drug-likeness (QED) is 0.913. The molecule has 1 aromatic rings. The molecule has 1 fully saturated rings. The molecule has 20 heavy (non-hydrogen) atoms. The second-order valence-electron chi connectivity index (χ2n) is 5.06. The average Bonchev–Trinajstić information content (AvgIpc) is 2.86. The molecule has 0 radical (unpaired) electrons. The van der Waals surface area contributed by atoms with E-state index in [0.717, 1.165) is 25.1 Å². The zero-order valence-corrected chi connectivity index (χ0v) is 13.7. The number of halogens is 3. The van der Waals surface area contributed by atoms with Crippen molar-refractivity contribution in [3.63, 3.8) is 0 Å². The molecule has 1 aliphatic rings. The lowest BCUT2D eigenvalue weighted by Gasteiger charge is -2.19. The van der Waals surface area contributed by atoms with E-state index in [1.807, 2.05) is 19.2 Å². The summed E-state index contributed by atoms with van der Waals surface area (Å²) >= 11 is 11.8. The Hall–Kier alpha value is -0.480. The Balaban J connectivity index is 0.00000200. The number of nitrogens with one attached hydrogen (secondary N) is 1. The second kappa shape index (κ2) is 8.08. The van der Waals surface area contributed by atoms with Gasteiger partial charge in [0.15, 0.2) is 0 Å². The molecule has 1 atom stereocenters. The van der Waals surface area contributed by atoms with Crippen molar-refractivity contribution in [2.45, 2.75) is 19.4 Å². The van der Waals surface area contributed by atoms with E-state index in [2.05, 4.69) is 5.32 Å². The van der Waals surface area contributed by atoms with Gasteiger partial charge in [0.1, 0.15) is 0 Å². The summed E-state index contributed by atoms with van der Waals surface area (Å²) in [6, 6.07) is 5.47. The van der Waals surface area contributed by atoms with E-state index in [1.54, 1.807) is 11.0 Å². The molecule has 6 heteroatoms. The van der Waals surface area contributed by atoms with Crippen molar-refractivity contribution < 1.29 is 4.79 Å². The van der Waals surface area contributed by atoms with E-state index >= 15 is 0 Å². The number of hydrogen-bond donors (Lipinski definition) is 1. The van der Waals surface area contributed by atoms with Gasteiger partial charge in [0, 0.05) is 20.0 Å². The smallest absolute Gasteiger partial charge is 0.222 e. The van der Waals surface area contributed by atoms with Crippen molar-refractivity contribution in [1.82, 2.24) is 10.2 Å². The first-order valence-electron chi connectivity index (χ1n) is 6.45. The SMILES string of the molecule is CN(Cc1ccc(Cl)c(Cl)c1)C(=O)CC1CCNC1.Cl. The maximum absolute atomic E-state index is 12.1. The zero-order chi connectivity index (χ0) is 13.8. The fourth-order valence-corrected chi connectivity index (χ4v) is 2.61. The Morgan fingerprint density at radius 2 is 2.15 bits per heavy atom. The number of amides is 1. The van der Waals surface area contributed by atoms with E-state index in [1.165, 1.54) is 0 Å². The fourth-order valence-electron chi connectivity index (χ4n) is 2.29. The highest BCUT2D eigenvalue weighted by Gasteiger charge is 2.20. The lowest BCUT2D eigenvalue weighted by Crippen LogP contribution is -2.28. The van der Waals surface area contributed by atoms with Gasteiger partial charge in [0.05, 0.1) is 10.0 Å². The van der Waals surface area contributed by atoms with E-state index in [4.69, 9.17) is 23.2 Å². The minimum absolute atomic E-state index is 0. The molecule has 1 amide bonds. The molecule has 1 heterocycles. The van der Waals surface area contributed by atoms with Crippen LogP contribution in [0.4, 0.5) is 0 Å². The van der Waals surface area contributed by atoms with Gasteiger partial charge < -0.3 is 10.2 Å². The van der Waals surface area contributed by atoms with Gasteiger partial charge >= 0.3 is 0 Å². The maximum Gasteiger partial charge on any atom is 0.222 e. The number of carbonyl (C=O) groups excluding carboxylic acids is 1. The highest BCUT2D eigenvalue weighted by atomic mass is 35.5. The van der Waals surface area contributed by atoms with Crippen LogP contribution in [0.15, 0.2) is 18.2 Å². The first kappa shape index (κ1) is 17.6. The molecule has 0 aliphatic carbocycles. The molecule has 1 unspecified atom stereocenters. The summed E-state index contributed by atoms with van der Waals surface area (Å²) in [5.74, 6) is 0.656. The first-order chi connectivity index (χ1) is 9.06. The summed E-state index contributed by atoms with van der Waals surface area (Å²) in [5, 5.41) is 4.34. The van der Waals surface area contributed by atoms with Gasteiger partial charge in [0.2, 0.25) is 5.91 Å². The highest BCUT2D eigenvalue weighted by molar-refractivity contribution is 6.42. The van der Waals surface area contributed by atoms with Gasteiger partial charge in [-0.2, -0.15) is 0 Å². The van der Waals surface area contributed by atoms with Crippen LogP contribution in [0.5, 0.6) is 0 Å². The van der Waals surface area contributed by atoms with Crippen molar-refractivity contribution in [2.75, 3.05) is 20.1 Å². The Morgan fingerprint density at radius 1 is 1.40 bits per heavy atom. The Bertz CT molecular complexity index is 462. The summed E-state index contributed by atoms with van der Waals surface area (Å²) in [4.78, 5) is 13.8.